The van der Waals surface area contributed by atoms with Crippen LogP contribution in [0.3, 0.4) is 0 Å². The van der Waals surface area contributed by atoms with Crippen molar-refractivity contribution in [2.45, 2.75) is 60.1 Å². The van der Waals surface area contributed by atoms with Crippen molar-refractivity contribution >= 4 is 19.5 Å². The van der Waals surface area contributed by atoms with Crippen LogP contribution in [0.2, 0.25) is 0 Å². The molecule has 30 heavy (non-hydrogen) atoms. The molecule has 0 fully saturated rings. The second-order valence-corrected chi connectivity index (χ2v) is 10.9. The first-order valence-corrected chi connectivity index (χ1v) is 12.0. The molecular weight excluding hydrogens is 405 g/mol. The summed E-state index contributed by atoms with van der Waals surface area (Å²) in [5.41, 5.74) is 0.853. The molecule has 1 rings (SSSR count). The molecule has 0 aliphatic heterocycles. The smallest absolute Gasteiger partial charge is 0.407 e. The van der Waals surface area contributed by atoms with Crippen LogP contribution in [0.15, 0.2) is 30.3 Å². The number of nitrogens with one attached hydrogen (secondary N) is 3. The number of hydrogen-bond donors (Lipinski definition) is 3. The van der Waals surface area contributed by atoms with Crippen LogP contribution in [0.1, 0.15) is 53.0 Å². The average molecular weight is 441 g/mol. The highest BCUT2D eigenvalue weighted by Gasteiger charge is 2.24. The maximum Gasteiger partial charge on any atom is 0.407 e. The SMILES string of the molecule is CC(C)C[C@H](NP(=O)([O-])CNC(=O)OCc1ccccc1)C(=O)NCCC(C)(C)C. The Balaban J connectivity index is 2.54. The van der Waals surface area contributed by atoms with E-state index in [1.807, 2.05) is 32.0 Å². The van der Waals surface area contributed by atoms with Crippen molar-refractivity contribution in [3.8, 4) is 0 Å². The predicted molar refractivity (Wildman–Crippen MR) is 116 cm³/mol. The fraction of sp³-hybridized carbons (Fsp3) is 0.619. The van der Waals surface area contributed by atoms with Gasteiger partial charge in [-0.15, -0.1) is 0 Å². The lowest BCUT2D eigenvalue weighted by Crippen LogP contribution is -2.47. The van der Waals surface area contributed by atoms with Crippen molar-refractivity contribution in [1.82, 2.24) is 15.7 Å². The van der Waals surface area contributed by atoms with Crippen molar-refractivity contribution in [3.05, 3.63) is 35.9 Å². The number of carbonyl (C=O) groups is 2. The quantitative estimate of drug-likeness (QED) is 0.455. The van der Waals surface area contributed by atoms with Gasteiger partial charge in [-0.05, 0) is 29.7 Å². The lowest BCUT2D eigenvalue weighted by molar-refractivity contribution is -0.179. The Morgan fingerprint density at radius 1 is 1.13 bits per heavy atom. The zero-order valence-corrected chi connectivity index (χ0v) is 19.5. The molecule has 170 valence electrons. The molecule has 0 saturated carbocycles. The molecule has 1 aromatic carbocycles. The fourth-order valence-corrected chi connectivity index (χ4v) is 3.73. The zero-order chi connectivity index (χ0) is 22.8. The summed E-state index contributed by atoms with van der Waals surface area (Å²) in [6.45, 7) is 10.5. The molecule has 0 radical (unpaired) electrons. The van der Waals surface area contributed by atoms with Gasteiger partial charge >= 0.3 is 6.09 Å². The molecule has 1 unspecified atom stereocenters. The van der Waals surface area contributed by atoms with E-state index in [2.05, 4.69) is 36.5 Å². The Morgan fingerprint density at radius 3 is 2.33 bits per heavy atom. The van der Waals surface area contributed by atoms with Crippen molar-refractivity contribution in [3.63, 3.8) is 0 Å². The topological polar surface area (TPSA) is 120 Å². The molecular formula is C21H35N3O5P-. The Bertz CT molecular complexity index is 719. The third-order valence-corrected chi connectivity index (χ3v) is 5.47. The van der Waals surface area contributed by atoms with E-state index in [1.54, 1.807) is 12.1 Å². The lowest BCUT2D eigenvalue weighted by atomic mass is 9.92. The van der Waals surface area contributed by atoms with Gasteiger partial charge in [0.05, 0.1) is 19.8 Å². The van der Waals surface area contributed by atoms with Crippen LogP contribution >= 0.6 is 7.52 Å². The Labute approximate surface area is 179 Å². The van der Waals surface area contributed by atoms with Gasteiger partial charge in [-0.25, -0.2) is 4.79 Å². The minimum absolute atomic E-state index is 0.0371. The molecule has 1 aromatic rings. The third-order valence-electron chi connectivity index (χ3n) is 4.19. The number of hydrogen-bond acceptors (Lipinski definition) is 5. The van der Waals surface area contributed by atoms with Gasteiger partial charge in [-0.1, -0.05) is 65.0 Å². The van der Waals surface area contributed by atoms with Gasteiger partial charge in [-0.3, -0.25) is 9.88 Å². The molecule has 9 heteroatoms. The first kappa shape index (κ1) is 26.1. The van der Waals surface area contributed by atoms with Gasteiger partial charge in [0, 0.05) is 6.54 Å². The summed E-state index contributed by atoms with van der Waals surface area (Å²) in [6.07, 6.45) is -0.361. The van der Waals surface area contributed by atoms with Crippen LogP contribution in [0.4, 0.5) is 4.79 Å². The minimum Gasteiger partial charge on any atom is -0.787 e. The second kappa shape index (κ2) is 12.1. The van der Waals surface area contributed by atoms with Crippen LogP contribution < -0.4 is 20.6 Å². The summed E-state index contributed by atoms with van der Waals surface area (Å²) in [6, 6.07) is 8.16. The molecule has 0 aliphatic rings. The molecule has 0 heterocycles. The van der Waals surface area contributed by atoms with E-state index in [0.29, 0.717) is 13.0 Å². The summed E-state index contributed by atoms with van der Waals surface area (Å²) < 4.78 is 17.4. The number of carbonyl (C=O) groups excluding carboxylic acids is 2. The van der Waals surface area contributed by atoms with Crippen LogP contribution in [0.5, 0.6) is 0 Å². The second-order valence-electron chi connectivity index (χ2n) is 8.98. The summed E-state index contributed by atoms with van der Waals surface area (Å²) in [4.78, 5) is 36.7. The number of ether oxygens (including phenoxy) is 1. The number of rotatable bonds is 11. The minimum atomic E-state index is -4.25. The standard InChI is InChI=1S/C21H36N3O5P/c1-16(2)13-18(19(25)22-12-11-21(3,4)5)24-30(27,28)15-23-20(26)29-14-17-9-7-6-8-10-17/h6-10,16,18H,11-15H2,1-5H3,(H,22,25)(H,23,26)(H2,24,27,28)/p-1/t18-/m0/s1. The number of benzene rings is 1. The largest absolute Gasteiger partial charge is 0.787 e. The van der Waals surface area contributed by atoms with Crippen molar-refractivity contribution in [1.29, 1.82) is 0 Å². The molecule has 0 aromatic heterocycles. The Hall–Kier alpha value is -1.89. The van der Waals surface area contributed by atoms with Gasteiger partial charge in [0.25, 0.3) is 0 Å². The molecule has 0 saturated heterocycles. The van der Waals surface area contributed by atoms with Crippen molar-refractivity contribution in [2.24, 2.45) is 11.3 Å². The fourth-order valence-electron chi connectivity index (χ4n) is 2.60. The molecule has 0 aliphatic carbocycles. The van der Waals surface area contributed by atoms with E-state index in [9.17, 15) is 19.0 Å². The average Bonchev–Trinajstić information content (AvgIpc) is 2.63. The van der Waals surface area contributed by atoms with E-state index in [1.165, 1.54) is 0 Å². The van der Waals surface area contributed by atoms with Crippen LogP contribution in [-0.2, 0) is 20.7 Å². The maximum absolute atomic E-state index is 12.5. The molecule has 8 nitrogen and oxygen atoms in total. The van der Waals surface area contributed by atoms with Gasteiger partial charge in [0.15, 0.2) is 0 Å². The molecule has 2 amide bonds. The van der Waals surface area contributed by atoms with Crippen molar-refractivity contribution < 1.29 is 23.8 Å². The highest BCUT2D eigenvalue weighted by Crippen LogP contribution is 2.30. The number of amides is 2. The zero-order valence-electron chi connectivity index (χ0n) is 18.6. The summed E-state index contributed by atoms with van der Waals surface area (Å²) in [5, 5.41) is 7.44. The van der Waals surface area contributed by atoms with E-state index in [-0.39, 0.29) is 23.8 Å². The van der Waals surface area contributed by atoms with Gasteiger partial charge in [-0.2, -0.15) is 0 Å². The first-order chi connectivity index (χ1) is 13.9. The first-order valence-electron chi connectivity index (χ1n) is 10.2. The highest BCUT2D eigenvalue weighted by molar-refractivity contribution is 7.54. The molecule has 3 N–H and O–H groups in total. The highest BCUT2D eigenvalue weighted by atomic mass is 31.2. The van der Waals surface area contributed by atoms with Gasteiger partial charge < -0.3 is 24.8 Å². The van der Waals surface area contributed by atoms with Crippen LogP contribution in [-0.4, -0.2) is 30.9 Å². The van der Waals surface area contributed by atoms with E-state index >= 15 is 0 Å². The van der Waals surface area contributed by atoms with Crippen LogP contribution in [0.25, 0.3) is 0 Å². The van der Waals surface area contributed by atoms with E-state index in [4.69, 9.17) is 4.74 Å². The molecule has 2 atom stereocenters. The predicted octanol–water partition coefficient (Wildman–Crippen LogP) is 2.98. The van der Waals surface area contributed by atoms with Gasteiger partial charge in [0.1, 0.15) is 6.61 Å². The summed E-state index contributed by atoms with van der Waals surface area (Å²) in [5.74, 6) is -0.254. The normalized spacial score (nSPS) is 14.6. The third kappa shape index (κ3) is 12.0. The summed E-state index contributed by atoms with van der Waals surface area (Å²) in [7, 11) is -4.25. The molecule has 0 bridgehead atoms. The monoisotopic (exact) mass is 440 g/mol. The summed E-state index contributed by atoms with van der Waals surface area (Å²) >= 11 is 0. The Morgan fingerprint density at radius 2 is 1.77 bits per heavy atom. The van der Waals surface area contributed by atoms with E-state index in [0.717, 1.165) is 12.0 Å². The van der Waals surface area contributed by atoms with Crippen LogP contribution in [0, 0.1) is 11.3 Å². The molecule has 0 spiro atoms. The Kier molecular flexibility index (Phi) is 10.5. The lowest BCUT2D eigenvalue weighted by Gasteiger charge is -2.30. The van der Waals surface area contributed by atoms with Crippen molar-refractivity contribution in [2.75, 3.05) is 12.8 Å². The maximum atomic E-state index is 12.5. The van der Waals surface area contributed by atoms with E-state index < -0.39 is 25.9 Å². The number of alkyl carbamates (subject to hydrolysis) is 1. The van der Waals surface area contributed by atoms with Gasteiger partial charge in [0.2, 0.25) is 5.91 Å².